The number of rotatable bonds is 10. The number of nitrogens with one attached hydrogen (secondary N) is 1. The maximum atomic E-state index is 14.3. The summed E-state index contributed by atoms with van der Waals surface area (Å²) in [6, 6.07) is 18.8. The summed E-state index contributed by atoms with van der Waals surface area (Å²) in [6.07, 6.45) is 3.91. The lowest BCUT2D eigenvalue weighted by atomic mass is 10.0. The summed E-state index contributed by atoms with van der Waals surface area (Å²) in [5.41, 5.74) is 2.45. The quantitative estimate of drug-likeness (QED) is 0.318. The molecule has 1 aromatic heterocycles. The Morgan fingerprint density at radius 3 is 2.33 bits per heavy atom. The number of anilines is 1. The molecule has 10 nitrogen and oxygen atoms in total. The predicted octanol–water partition coefficient (Wildman–Crippen LogP) is 4.29. The molecule has 4 aromatic rings. The smallest absolute Gasteiger partial charge is 0.249 e. The van der Waals surface area contributed by atoms with Gasteiger partial charge < -0.3 is 19.5 Å². The molecule has 1 saturated carbocycles. The molecule has 10 heteroatoms. The molecule has 0 saturated heterocycles. The largest absolute Gasteiger partial charge is 0.497 e. The summed E-state index contributed by atoms with van der Waals surface area (Å²) in [7, 11) is 4.66. The fourth-order valence-corrected chi connectivity index (χ4v) is 5.19. The van der Waals surface area contributed by atoms with Crippen LogP contribution in [0.2, 0.25) is 0 Å². The second kappa shape index (κ2) is 12.1. The fraction of sp³-hybridized carbons (Fsp3) is 0.333. The van der Waals surface area contributed by atoms with E-state index in [0.29, 0.717) is 34.0 Å². The van der Waals surface area contributed by atoms with Crippen molar-refractivity contribution in [3.63, 3.8) is 0 Å². The predicted molar refractivity (Wildman–Crippen MR) is 151 cm³/mol. The first kappa shape index (κ1) is 27.0. The van der Waals surface area contributed by atoms with Gasteiger partial charge in [0, 0.05) is 23.9 Å². The lowest BCUT2D eigenvalue weighted by Crippen LogP contribution is -2.47. The molecule has 1 fully saturated rings. The lowest BCUT2D eigenvalue weighted by Gasteiger charge is -2.33. The fourth-order valence-electron chi connectivity index (χ4n) is 5.19. The van der Waals surface area contributed by atoms with Gasteiger partial charge in [0.2, 0.25) is 11.8 Å². The number of hydrogen-bond acceptors (Lipinski definition) is 7. The normalized spacial score (nSPS) is 14.1. The van der Waals surface area contributed by atoms with Crippen LogP contribution in [0.15, 0.2) is 66.7 Å². The molecular weight excluding hydrogens is 510 g/mol. The molecule has 0 unspecified atom stereocenters. The van der Waals surface area contributed by atoms with Crippen LogP contribution >= 0.6 is 0 Å². The lowest BCUT2D eigenvalue weighted by molar-refractivity contribution is -0.127. The second-order valence-electron chi connectivity index (χ2n) is 9.74. The number of carbonyl (C=O) groups is 2. The van der Waals surface area contributed by atoms with Gasteiger partial charge in [-0.1, -0.05) is 36.3 Å². The minimum absolute atomic E-state index is 0.0454. The van der Waals surface area contributed by atoms with E-state index in [4.69, 9.17) is 14.2 Å². The number of amides is 2. The Hall–Kier alpha value is -4.60. The maximum Gasteiger partial charge on any atom is 0.249 e. The molecule has 3 aromatic carbocycles. The number of nitrogens with zero attached hydrogens (tertiary/aromatic N) is 4. The monoisotopic (exact) mass is 543 g/mol. The number of ether oxygens (including phenoxy) is 3. The van der Waals surface area contributed by atoms with Gasteiger partial charge in [0.25, 0.3) is 0 Å². The Morgan fingerprint density at radius 1 is 0.925 bits per heavy atom. The highest BCUT2D eigenvalue weighted by atomic mass is 16.5. The summed E-state index contributed by atoms with van der Waals surface area (Å²) in [5.74, 6) is 0.931. The Kier molecular flexibility index (Phi) is 8.14. The Bertz CT molecular complexity index is 1470. The van der Waals surface area contributed by atoms with Gasteiger partial charge in [0.1, 0.15) is 35.4 Å². The molecule has 5 rings (SSSR count). The van der Waals surface area contributed by atoms with Crippen LogP contribution in [0, 0.1) is 0 Å². The molecule has 1 aliphatic rings. The van der Waals surface area contributed by atoms with Crippen LogP contribution in [0.4, 0.5) is 5.69 Å². The first-order valence-electron chi connectivity index (χ1n) is 13.3. The zero-order valence-corrected chi connectivity index (χ0v) is 22.9. The highest BCUT2D eigenvalue weighted by Gasteiger charge is 2.35. The van der Waals surface area contributed by atoms with E-state index in [2.05, 4.69) is 15.6 Å². The van der Waals surface area contributed by atoms with E-state index in [1.807, 2.05) is 24.3 Å². The highest BCUT2D eigenvalue weighted by molar-refractivity contribution is 6.02. The molecular formula is C30H33N5O5. The number of fused-ring (bicyclic) bond motifs is 1. The molecule has 0 aliphatic heterocycles. The topological polar surface area (TPSA) is 108 Å². The van der Waals surface area contributed by atoms with Crippen LogP contribution in [0.25, 0.3) is 11.0 Å². The van der Waals surface area contributed by atoms with E-state index in [1.54, 1.807) is 68.5 Å². The van der Waals surface area contributed by atoms with Crippen molar-refractivity contribution in [1.82, 2.24) is 20.3 Å². The van der Waals surface area contributed by atoms with E-state index in [1.165, 1.54) is 4.90 Å². The SMILES string of the molecule is COc1cc(OC)cc([C@H](C(=O)NC2CCCC2)N(C(=O)Cn2nnc3ccccc32)c2cccc(OC)c2)c1. The van der Waals surface area contributed by atoms with E-state index < -0.39 is 6.04 Å². The Morgan fingerprint density at radius 2 is 1.62 bits per heavy atom. The van der Waals surface area contributed by atoms with Crippen LogP contribution in [0.1, 0.15) is 37.3 Å². The highest BCUT2D eigenvalue weighted by Crippen LogP contribution is 2.35. The van der Waals surface area contributed by atoms with Crippen molar-refractivity contribution < 1.29 is 23.8 Å². The molecule has 0 radical (unpaired) electrons. The average molecular weight is 544 g/mol. The van der Waals surface area contributed by atoms with Gasteiger partial charge in [-0.25, -0.2) is 4.68 Å². The van der Waals surface area contributed by atoms with Gasteiger partial charge in [0.05, 0.1) is 26.8 Å². The van der Waals surface area contributed by atoms with Gasteiger partial charge >= 0.3 is 0 Å². The number of methoxy groups -OCH3 is 3. The molecule has 208 valence electrons. The van der Waals surface area contributed by atoms with Gasteiger partial charge in [0.15, 0.2) is 0 Å². The summed E-state index contributed by atoms with van der Waals surface area (Å²) < 4.78 is 18.1. The van der Waals surface area contributed by atoms with Crippen LogP contribution in [0.5, 0.6) is 17.2 Å². The number of carbonyl (C=O) groups excluding carboxylic acids is 2. The van der Waals surface area contributed by atoms with E-state index in [9.17, 15) is 9.59 Å². The summed E-state index contributed by atoms with van der Waals surface area (Å²) in [6.45, 7) is -0.133. The van der Waals surface area contributed by atoms with E-state index in [-0.39, 0.29) is 24.4 Å². The van der Waals surface area contributed by atoms with Crippen molar-refractivity contribution in [2.24, 2.45) is 0 Å². The first-order valence-corrected chi connectivity index (χ1v) is 13.3. The zero-order valence-electron chi connectivity index (χ0n) is 22.9. The van der Waals surface area contributed by atoms with Crippen LogP contribution in [-0.4, -0.2) is 54.2 Å². The third kappa shape index (κ3) is 5.70. The minimum Gasteiger partial charge on any atom is -0.497 e. The van der Waals surface area contributed by atoms with Crippen LogP contribution in [-0.2, 0) is 16.1 Å². The number of benzene rings is 3. The average Bonchev–Trinajstić information content (AvgIpc) is 3.65. The van der Waals surface area contributed by atoms with Gasteiger partial charge in [-0.3, -0.25) is 14.5 Å². The molecule has 0 spiro atoms. The van der Waals surface area contributed by atoms with Crippen molar-refractivity contribution in [2.75, 3.05) is 26.2 Å². The molecule has 1 atom stereocenters. The summed E-state index contributed by atoms with van der Waals surface area (Å²) >= 11 is 0. The first-order chi connectivity index (χ1) is 19.5. The molecule has 40 heavy (non-hydrogen) atoms. The summed E-state index contributed by atoms with van der Waals surface area (Å²) in [4.78, 5) is 29.9. The van der Waals surface area contributed by atoms with Gasteiger partial charge in [-0.15, -0.1) is 5.10 Å². The second-order valence-corrected chi connectivity index (χ2v) is 9.74. The molecule has 0 bridgehead atoms. The van der Waals surface area contributed by atoms with Crippen LogP contribution in [0.3, 0.4) is 0 Å². The number of para-hydroxylation sites is 1. The minimum atomic E-state index is -1.03. The van der Waals surface area contributed by atoms with Crippen molar-refractivity contribution in [1.29, 1.82) is 0 Å². The Labute approximate surface area is 232 Å². The molecule has 1 N–H and O–H groups in total. The molecule has 1 aliphatic carbocycles. The summed E-state index contributed by atoms with van der Waals surface area (Å²) in [5, 5.41) is 11.6. The maximum absolute atomic E-state index is 14.3. The molecule has 1 heterocycles. The van der Waals surface area contributed by atoms with E-state index >= 15 is 0 Å². The third-order valence-electron chi connectivity index (χ3n) is 7.20. The van der Waals surface area contributed by atoms with Gasteiger partial charge in [-0.2, -0.15) is 0 Å². The van der Waals surface area contributed by atoms with Crippen LogP contribution < -0.4 is 24.4 Å². The van der Waals surface area contributed by atoms with Crippen molar-refractivity contribution >= 4 is 28.5 Å². The third-order valence-corrected chi connectivity index (χ3v) is 7.20. The van der Waals surface area contributed by atoms with E-state index in [0.717, 1.165) is 31.2 Å². The van der Waals surface area contributed by atoms with Crippen molar-refractivity contribution in [2.45, 2.75) is 44.3 Å². The number of hydrogen-bond donors (Lipinski definition) is 1. The number of aromatic nitrogens is 3. The van der Waals surface area contributed by atoms with Crippen molar-refractivity contribution in [3.05, 3.63) is 72.3 Å². The zero-order chi connectivity index (χ0) is 28.1. The Balaban J connectivity index is 1.63. The molecule has 2 amide bonds. The van der Waals surface area contributed by atoms with Crippen molar-refractivity contribution in [3.8, 4) is 17.2 Å². The van der Waals surface area contributed by atoms with Gasteiger partial charge in [-0.05, 0) is 54.8 Å². The standard InChI is InChI=1S/C30H33N5O5/c1-38-23-12-8-11-22(17-23)35(28(36)19-34-27-14-7-6-13-26(27)32-33-34)29(30(37)31-21-9-4-5-10-21)20-15-24(39-2)18-25(16-20)40-3/h6-8,11-18,21,29H,4-5,9-10,19H2,1-3H3,(H,31,37)/t29-/m1/s1.